The maximum absolute atomic E-state index is 9.20. The van der Waals surface area contributed by atoms with Gasteiger partial charge >= 0.3 is 0 Å². The zero-order chi connectivity index (χ0) is 14.3. The molecule has 6 heteroatoms. The fraction of sp³-hybridized carbons (Fsp3) is 0.231. The number of benzene rings is 1. The second-order valence-corrected chi connectivity index (χ2v) is 4.92. The Balaban J connectivity index is 2.70. The maximum atomic E-state index is 9.20. The molecule has 1 aliphatic rings. The van der Waals surface area contributed by atoms with Crippen molar-refractivity contribution in [3.05, 3.63) is 33.8 Å². The predicted octanol–water partition coefficient (Wildman–Crippen LogP) is 3.16. The SMILES string of the molecule is N#CC1(C#N)C(c2cccc(Cl)c2Cl)C1(C#N)C#N. The Kier molecular flexibility index (Phi) is 2.88. The van der Waals surface area contributed by atoms with Crippen LogP contribution in [0.3, 0.4) is 0 Å². The minimum Gasteiger partial charge on any atom is -0.196 e. The molecule has 1 saturated carbocycles. The minimum atomic E-state index is -1.70. The third-order valence-electron chi connectivity index (χ3n) is 3.40. The zero-order valence-corrected chi connectivity index (χ0v) is 10.9. The summed E-state index contributed by atoms with van der Waals surface area (Å²) in [5.74, 6) is -0.879. The lowest BCUT2D eigenvalue weighted by Gasteiger charge is -2.04. The second-order valence-electron chi connectivity index (χ2n) is 4.14. The molecule has 19 heavy (non-hydrogen) atoms. The molecule has 0 saturated heterocycles. The van der Waals surface area contributed by atoms with Crippen LogP contribution in [0.1, 0.15) is 11.5 Å². The van der Waals surface area contributed by atoms with E-state index in [4.69, 9.17) is 23.2 Å². The molecule has 1 aliphatic carbocycles. The number of hydrogen-bond donors (Lipinski definition) is 0. The largest absolute Gasteiger partial charge is 0.196 e. The number of nitriles is 4. The molecule has 2 rings (SSSR count). The number of halogens is 2. The van der Waals surface area contributed by atoms with Gasteiger partial charge in [-0.1, -0.05) is 35.3 Å². The van der Waals surface area contributed by atoms with Crippen LogP contribution in [0.4, 0.5) is 0 Å². The van der Waals surface area contributed by atoms with Crippen molar-refractivity contribution >= 4 is 23.2 Å². The Labute approximate surface area is 119 Å². The van der Waals surface area contributed by atoms with E-state index in [-0.39, 0.29) is 10.0 Å². The molecule has 90 valence electrons. The van der Waals surface area contributed by atoms with Crippen LogP contribution in [0, 0.1) is 56.2 Å². The van der Waals surface area contributed by atoms with Gasteiger partial charge in [-0.25, -0.2) is 0 Å². The van der Waals surface area contributed by atoms with E-state index in [1.54, 1.807) is 42.5 Å². The molecule has 0 N–H and O–H groups in total. The second kappa shape index (κ2) is 4.15. The molecule has 0 amide bonds. The molecule has 1 aromatic carbocycles. The van der Waals surface area contributed by atoms with Gasteiger partial charge in [-0.3, -0.25) is 0 Å². The molecule has 0 spiro atoms. The highest BCUT2D eigenvalue weighted by Crippen LogP contribution is 2.74. The Morgan fingerprint density at radius 3 is 1.79 bits per heavy atom. The summed E-state index contributed by atoms with van der Waals surface area (Å²) in [6.45, 7) is 0. The van der Waals surface area contributed by atoms with E-state index >= 15 is 0 Å². The van der Waals surface area contributed by atoms with E-state index in [0.717, 1.165) is 0 Å². The van der Waals surface area contributed by atoms with Gasteiger partial charge in [0.25, 0.3) is 0 Å². The van der Waals surface area contributed by atoms with E-state index in [2.05, 4.69) is 0 Å². The molecule has 1 fully saturated rings. The van der Waals surface area contributed by atoms with Crippen molar-refractivity contribution < 1.29 is 0 Å². The molecule has 0 aromatic heterocycles. The fourth-order valence-electron chi connectivity index (χ4n) is 2.35. The Bertz CT molecular complexity index is 661. The first kappa shape index (κ1) is 13.2. The molecule has 0 bridgehead atoms. The van der Waals surface area contributed by atoms with Gasteiger partial charge in [0.15, 0.2) is 10.8 Å². The van der Waals surface area contributed by atoms with Crippen molar-refractivity contribution in [2.45, 2.75) is 5.92 Å². The molecule has 4 nitrogen and oxygen atoms in total. The number of nitrogens with zero attached hydrogens (tertiary/aromatic N) is 4. The minimum absolute atomic E-state index is 0.163. The first-order chi connectivity index (χ1) is 9.04. The molecule has 0 radical (unpaired) electrons. The fourth-order valence-corrected chi connectivity index (χ4v) is 2.76. The number of rotatable bonds is 1. The predicted molar refractivity (Wildman–Crippen MR) is 66.5 cm³/mol. The average Bonchev–Trinajstić information content (AvgIpc) is 3.04. The van der Waals surface area contributed by atoms with Gasteiger partial charge in [-0.2, -0.15) is 21.0 Å². The highest BCUT2D eigenvalue weighted by atomic mass is 35.5. The van der Waals surface area contributed by atoms with Crippen molar-refractivity contribution in [1.82, 2.24) is 0 Å². The monoisotopic (exact) mass is 286 g/mol. The quantitative estimate of drug-likeness (QED) is 0.792. The van der Waals surface area contributed by atoms with Crippen LogP contribution in [0.25, 0.3) is 0 Å². The van der Waals surface area contributed by atoms with E-state index in [0.29, 0.717) is 5.56 Å². The van der Waals surface area contributed by atoms with Gasteiger partial charge in [0.2, 0.25) is 0 Å². The molecule has 0 heterocycles. The number of hydrogen-bond acceptors (Lipinski definition) is 4. The molecule has 0 unspecified atom stereocenters. The van der Waals surface area contributed by atoms with E-state index in [9.17, 15) is 21.0 Å². The topological polar surface area (TPSA) is 95.2 Å². The van der Waals surface area contributed by atoms with Gasteiger partial charge in [0.05, 0.1) is 40.2 Å². The lowest BCUT2D eigenvalue weighted by molar-refractivity contribution is 0.727. The van der Waals surface area contributed by atoms with E-state index in [1.165, 1.54) is 0 Å². The summed E-state index contributed by atoms with van der Waals surface area (Å²) in [6, 6.07) is 11.8. The summed E-state index contributed by atoms with van der Waals surface area (Å²) in [6.07, 6.45) is 0. The summed E-state index contributed by atoms with van der Waals surface area (Å²) in [5, 5.41) is 37.2. The van der Waals surface area contributed by atoms with Gasteiger partial charge in [0.1, 0.15) is 0 Å². The van der Waals surface area contributed by atoms with Crippen LogP contribution in [0.5, 0.6) is 0 Å². The summed E-state index contributed by atoms with van der Waals surface area (Å²) >= 11 is 11.9. The van der Waals surface area contributed by atoms with Crippen molar-refractivity contribution in [1.29, 1.82) is 21.0 Å². The summed E-state index contributed by atoms with van der Waals surface area (Å²) < 4.78 is 0. The maximum Gasteiger partial charge on any atom is 0.185 e. The average molecular weight is 287 g/mol. The van der Waals surface area contributed by atoms with Crippen LogP contribution in [0.2, 0.25) is 10.0 Å². The first-order valence-electron chi connectivity index (χ1n) is 5.13. The normalized spacial score (nSPS) is 18.4. The Morgan fingerprint density at radius 2 is 1.37 bits per heavy atom. The van der Waals surface area contributed by atoms with Gasteiger partial charge < -0.3 is 0 Å². The van der Waals surface area contributed by atoms with Gasteiger partial charge in [-0.15, -0.1) is 0 Å². The molecule has 0 aliphatic heterocycles. The van der Waals surface area contributed by atoms with Gasteiger partial charge in [0, 0.05) is 0 Å². The standard InChI is InChI=1S/C13H4Cl2N4/c14-9-3-1-2-8(10(9)15)11-12(4-16,5-17)13(11,6-18)7-19/h1-3,11H. The molecular formula is C13H4Cl2N4. The van der Waals surface area contributed by atoms with Crippen molar-refractivity contribution in [2.24, 2.45) is 10.8 Å². The lowest BCUT2D eigenvalue weighted by atomic mass is 9.98. The summed E-state index contributed by atoms with van der Waals surface area (Å²) in [5.41, 5.74) is -3.03. The van der Waals surface area contributed by atoms with Crippen molar-refractivity contribution in [2.75, 3.05) is 0 Å². The van der Waals surface area contributed by atoms with Crippen molar-refractivity contribution in [3.63, 3.8) is 0 Å². The Hall–Kier alpha value is -2.24. The third-order valence-corrected chi connectivity index (χ3v) is 4.24. The van der Waals surface area contributed by atoms with Crippen molar-refractivity contribution in [3.8, 4) is 24.3 Å². The van der Waals surface area contributed by atoms with Gasteiger partial charge in [-0.05, 0) is 11.6 Å². The van der Waals surface area contributed by atoms with Crippen LogP contribution in [0.15, 0.2) is 18.2 Å². The Morgan fingerprint density at radius 1 is 0.895 bits per heavy atom. The summed E-state index contributed by atoms with van der Waals surface area (Å²) in [4.78, 5) is 0. The van der Waals surface area contributed by atoms with E-state index in [1.807, 2.05) is 0 Å². The van der Waals surface area contributed by atoms with Crippen LogP contribution < -0.4 is 0 Å². The summed E-state index contributed by atoms with van der Waals surface area (Å²) in [7, 11) is 0. The lowest BCUT2D eigenvalue weighted by Crippen LogP contribution is -2.05. The molecule has 1 aromatic rings. The first-order valence-corrected chi connectivity index (χ1v) is 5.89. The molecule has 0 atom stereocenters. The highest BCUT2D eigenvalue weighted by Gasteiger charge is 2.82. The van der Waals surface area contributed by atoms with Crippen LogP contribution >= 0.6 is 23.2 Å². The van der Waals surface area contributed by atoms with E-state index < -0.39 is 16.7 Å². The zero-order valence-electron chi connectivity index (χ0n) is 9.35. The van der Waals surface area contributed by atoms with Crippen LogP contribution in [-0.4, -0.2) is 0 Å². The van der Waals surface area contributed by atoms with Crippen LogP contribution in [-0.2, 0) is 0 Å². The third kappa shape index (κ3) is 1.36. The highest BCUT2D eigenvalue weighted by molar-refractivity contribution is 6.42. The molecular weight excluding hydrogens is 283 g/mol. The smallest absolute Gasteiger partial charge is 0.185 e.